The monoisotopic (exact) mass is 232 g/mol. The highest BCUT2D eigenvalue weighted by Gasteiger charge is 2.04. The number of halogens is 2. The summed E-state index contributed by atoms with van der Waals surface area (Å²) >= 11 is 3.22. The quantitative estimate of drug-likeness (QED) is 0.832. The van der Waals surface area contributed by atoms with Gasteiger partial charge in [-0.3, -0.25) is 0 Å². The van der Waals surface area contributed by atoms with E-state index >= 15 is 0 Å². The zero-order valence-corrected chi connectivity index (χ0v) is 8.31. The molecule has 1 rings (SSSR count). The van der Waals surface area contributed by atoms with Crippen LogP contribution in [0.2, 0.25) is 0 Å². The van der Waals surface area contributed by atoms with Gasteiger partial charge in [-0.15, -0.1) is 0 Å². The van der Waals surface area contributed by atoms with Gasteiger partial charge in [0.1, 0.15) is 5.82 Å². The molecule has 0 aliphatic carbocycles. The van der Waals surface area contributed by atoms with Crippen LogP contribution >= 0.6 is 15.9 Å². The number of benzene rings is 1. The van der Waals surface area contributed by atoms with E-state index in [0.29, 0.717) is 10.9 Å². The first-order chi connectivity index (χ1) is 5.59. The Bertz CT molecular complexity index is 273. The fourth-order valence-corrected chi connectivity index (χ4v) is 1.52. The molecule has 1 aromatic carbocycles. The Labute approximate surface area is 79.4 Å². The van der Waals surface area contributed by atoms with Gasteiger partial charge in [-0.2, -0.15) is 0 Å². The van der Waals surface area contributed by atoms with E-state index in [1.165, 1.54) is 12.1 Å². The van der Waals surface area contributed by atoms with Crippen molar-refractivity contribution in [2.45, 2.75) is 19.4 Å². The van der Waals surface area contributed by atoms with E-state index in [9.17, 15) is 4.39 Å². The summed E-state index contributed by atoms with van der Waals surface area (Å²) in [5.74, 6) is -0.267. The summed E-state index contributed by atoms with van der Waals surface area (Å²) in [5.41, 5.74) is 0.923. The lowest BCUT2D eigenvalue weighted by molar-refractivity contribution is 0.195. The molecule has 0 spiro atoms. The van der Waals surface area contributed by atoms with Crippen LogP contribution in [0.15, 0.2) is 22.7 Å². The molecule has 0 saturated carbocycles. The fraction of sp³-hybridized carbons (Fsp3) is 0.333. The van der Waals surface area contributed by atoms with Gasteiger partial charge in [0.25, 0.3) is 0 Å². The Morgan fingerprint density at radius 2 is 2.25 bits per heavy atom. The van der Waals surface area contributed by atoms with E-state index in [4.69, 9.17) is 5.11 Å². The lowest BCUT2D eigenvalue weighted by Crippen LogP contribution is -2.04. The zero-order valence-electron chi connectivity index (χ0n) is 6.72. The molecule has 1 aromatic rings. The summed E-state index contributed by atoms with van der Waals surface area (Å²) in [6, 6.07) is 4.46. The molecule has 3 heteroatoms. The smallest absolute Gasteiger partial charge is 0.124 e. The van der Waals surface area contributed by atoms with Crippen LogP contribution in [0.5, 0.6) is 0 Å². The highest BCUT2D eigenvalue weighted by molar-refractivity contribution is 9.10. The standard InChI is InChI=1S/C9H10BrFO/c1-6(12)4-7-2-3-8(11)5-9(7)10/h2-3,5-6,12H,4H2,1H3/t6-/m1/s1. The Balaban J connectivity index is 2.86. The van der Waals surface area contributed by atoms with Crippen LogP contribution in [0, 0.1) is 5.82 Å². The first-order valence-electron chi connectivity index (χ1n) is 3.71. The van der Waals surface area contributed by atoms with E-state index in [1.807, 2.05) is 0 Å². The Morgan fingerprint density at radius 1 is 1.58 bits per heavy atom. The van der Waals surface area contributed by atoms with Crippen molar-refractivity contribution in [2.24, 2.45) is 0 Å². The summed E-state index contributed by atoms with van der Waals surface area (Å²) < 4.78 is 13.3. The van der Waals surface area contributed by atoms with Gasteiger partial charge in [-0.25, -0.2) is 4.39 Å². The molecular weight excluding hydrogens is 223 g/mol. The number of rotatable bonds is 2. The second-order valence-corrected chi connectivity index (χ2v) is 3.64. The molecule has 0 amide bonds. The molecule has 0 heterocycles. The van der Waals surface area contributed by atoms with Gasteiger partial charge in [-0.1, -0.05) is 22.0 Å². The normalized spacial score (nSPS) is 13.0. The zero-order chi connectivity index (χ0) is 9.14. The van der Waals surface area contributed by atoms with Crippen LogP contribution in [0.25, 0.3) is 0 Å². The number of hydrogen-bond donors (Lipinski definition) is 1. The van der Waals surface area contributed by atoms with Gasteiger partial charge in [0.15, 0.2) is 0 Å². The fourth-order valence-electron chi connectivity index (χ4n) is 1.01. The van der Waals surface area contributed by atoms with Gasteiger partial charge < -0.3 is 5.11 Å². The number of aliphatic hydroxyl groups excluding tert-OH is 1. The third-order valence-electron chi connectivity index (χ3n) is 1.53. The third kappa shape index (κ3) is 2.57. The lowest BCUT2D eigenvalue weighted by Gasteiger charge is -2.06. The molecule has 1 nitrogen and oxygen atoms in total. The first-order valence-corrected chi connectivity index (χ1v) is 4.51. The van der Waals surface area contributed by atoms with Crippen molar-refractivity contribution in [1.29, 1.82) is 0 Å². The summed E-state index contributed by atoms with van der Waals surface area (Å²) in [6.07, 6.45) is 0.146. The molecule has 1 N–H and O–H groups in total. The minimum atomic E-state index is -0.397. The highest BCUT2D eigenvalue weighted by atomic mass is 79.9. The van der Waals surface area contributed by atoms with Crippen LogP contribution in [0.4, 0.5) is 4.39 Å². The molecule has 0 aliphatic rings. The van der Waals surface area contributed by atoms with Crippen molar-refractivity contribution in [1.82, 2.24) is 0 Å². The van der Waals surface area contributed by atoms with E-state index in [0.717, 1.165) is 5.56 Å². The van der Waals surface area contributed by atoms with Crippen LogP contribution < -0.4 is 0 Å². The van der Waals surface area contributed by atoms with Gasteiger partial charge >= 0.3 is 0 Å². The summed E-state index contributed by atoms with van der Waals surface area (Å²) in [7, 11) is 0. The molecule has 12 heavy (non-hydrogen) atoms. The second kappa shape index (κ2) is 4.01. The van der Waals surface area contributed by atoms with Gasteiger partial charge in [0.05, 0.1) is 6.10 Å². The largest absolute Gasteiger partial charge is 0.393 e. The van der Waals surface area contributed by atoms with Gasteiger partial charge in [-0.05, 0) is 31.0 Å². The Kier molecular flexibility index (Phi) is 3.23. The maximum atomic E-state index is 12.6. The van der Waals surface area contributed by atoms with E-state index in [-0.39, 0.29) is 5.82 Å². The average molecular weight is 233 g/mol. The second-order valence-electron chi connectivity index (χ2n) is 2.79. The first kappa shape index (κ1) is 9.68. The summed E-state index contributed by atoms with van der Waals surface area (Å²) in [4.78, 5) is 0. The van der Waals surface area contributed by atoms with Crippen molar-refractivity contribution < 1.29 is 9.50 Å². The van der Waals surface area contributed by atoms with Crippen molar-refractivity contribution in [3.63, 3.8) is 0 Å². The molecule has 0 aliphatic heterocycles. The molecule has 0 radical (unpaired) electrons. The Hall–Kier alpha value is -0.410. The highest BCUT2D eigenvalue weighted by Crippen LogP contribution is 2.19. The number of aliphatic hydroxyl groups is 1. The van der Waals surface area contributed by atoms with E-state index in [2.05, 4.69) is 15.9 Å². The third-order valence-corrected chi connectivity index (χ3v) is 2.27. The van der Waals surface area contributed by atoms with Crippen LogP contribution in [0.3, 0.4) is 0 Å². The maximum absolute atomic E-state index is 12.6. The predicted octanol–water partition coefficient (Wildman–Crippen LogP) is 2.51. The topological polar surface area (TPSA) is 20.2 Å². The molecule has 0 saturated heterocycles. The van der Waals surface area contributed by atoms with E-state index < -0.39 is 6.10 Å². The van der Waals surface area contributed by atoms with E-state index in [1.54, 1.807) is 13.0 Å². The molecular formula is C9H10BrFO. The van der Waals surface area contributed by atoms with Crippen LogP contribution in [-0.2, 0) is 6.42 Å². The molecule has 0 bridgehead atoms. The van der Waals surface area contributed by atoms with Crippen molar-refractivity contribution in [2.75, 3.05) is 0 Å². The lowest BCUT2D eigenvalue weighted by atomic mass is 10.1. The SMILES string of the molecule is C[C@@H](O)Cc1ccc(F)cc1Br. The van der Waals surface area contributed by atoms with Gasteiger partial charge in [0.2, 0.25) is 0 Å². The molecule has 1 atom stereocenters. The summed E-state index contributed by atoms with van der Waals surface area (Å²) in [6.45, 7) is 1.70. The van der Waals surface area contributed by atoms with Crippen LogP contribution in [-0.4, -0.2) is 11.2 Å². The minimum absolute atomic E-state index is 0.267. The molecule has 0 fully saturated rings. The molecule has 0 aromatic heterocycles. The predicted molar refractivity (Wildman–Crippen MR) is 49.5 cm³/mol. The summed E-state index contributed by atoms with van der Waals surface area (Å²) in [5, 5.41) is 9.08. The Morgan fingerprint density at radius 3 is 2.75 bits per heavy atom. The van der Waals surface area contributed by atoms with Crippen LogP contribution in [0.1, 0.15) is 12.5 Å². The minimum Gasteiger partial charge on any atom is -0.393 e. The van der Waals surface area contributed by atoms with Crippen molar-refractivity contribution >= 4 is 15.9 Å². The average Bonchev–Trinajstić information content (AvgIpc) is 1.94. The molecule has 66 valence electrons. The number of hydrogen-bond acceptors (Lipinski definition) is 1. The maximum Gasteiger partial charge on any atom is 0.124 e. The van der Waals surface area contributed by atoms with Crippen molar-refractivity contribution in [3.05, 3.63) is 34.1 Å². The van der Waals surface area contributed by atoms with Gasteiger partial charge in [0, 0.05) is 4.47 Å². The molecule has 0 unspecified atom stereocenters. The van der Waals surface area contributed by atoms with Crippen molar-refractivity contribution in [3.8, 4) is 0 Å².